The third-order valence-corrected chi connectivity index (χ3v) is 4.69. The van der Waals surface area contributed by atoms with Crippen molar-refractivity contribution in [1.82, 2.24) is 5.32 Å². The van der Waals surface area contributed by atoms with Crippen molar-refractivity contribution in [1.29, 1.82) is 0 Å². The Kier molecular flexibility index (Phi) is 5.30. The number of hydrogen-bond donors (Lipinski definition) is 1. The lowest BCUT2D eigenvalue weighted by molar-refractivity contribution is 0.00570. The molecule has 1 heterocycles. The Morgan fingerprint density at radius 2 is 2.12 bits per heavy atom. The summed E-state index contributed by atoms with van der Waals surface area (Å²) in [7, 11) is 0. The van der Waals surface area contributed by atoms with Gasteiger partial charge in [-0.05, 0) is 43.6 Å². The molecule has 2 nitrogen and oxygen atoms in total. The number of ether oxygens (including phenoxy) is 1. The Labute approximate surface area is 107 Å². The summed E-state index contributed by atoms with van der Waals surface area (Å²) in [5.74, 6) is 2.59. The molecular weight excluding hydrogens is 210 g/mol. The van der Waals surface area contributed by atoms with Crippen molar-refractivity contribution in [3.63, 3.8) is 0 Å². The number of nitrogens with one attached hydrogen (secondary N) is 1. The quantitative estimate of drug-likeness (QED) is 0.768. The highest BCUT2D eigenvalue weighted by Gasteiger charge is 2.32. The van der Waals surface area contributed by atoms with Crippen LogP contribution in [0.15, 0.2) is 0 Å². The first-order valence-corrected chi connectivity index (χ1v) is 7.62. The van der Waals surface area contributed by atoms with Crippen LogP contribution in [0.5, 0.6) is 0 Å². The molecule has 1 aliphatic heterocycles. The highest BCUT2D eigenvalue weighted by Crippen LogP contribution is 2.35. The Hall–Kier alpha value is -0.0800. The molecule has 1 N–H and O–H groups in total. The van der Waals surface area contributed by atoms with Gasteiger partial charge in [0.05, 0.1) is 0 Å². The molecule has 0 aromatic rings. The Bertz CT molecular complexity index is 215. The molecule has 3 unspecified atom stereocenters. The van der Waals surface area contributed by atoms with Gasteiger partial charge >= 0.3 is 0 Å². The summed E-state index contributed by atoms with van der Waals surface area (Å²) in [6.07, 6.45) is 8.33. The van der Waals surface area contributed by atoms with Gasteiger partial charge < -0.3 is 10.1 Å². The molecule has 3 atom stereocenters. The summed E-state index contributed by atoms with van der Waals surface area (Å²) in [5.41, 5.74) is 0. The predicted octanol–water partition coefficient (Wildman–Crippen LogP) is 3.22. The van der Waals surface area contributed by atoms with Crippen LogP contribution in [0.4, 0.5) is 0 Å². The van der Waals surface area contributed by atoms with Crippen LogP contribution in [0.1, 0.15) is 52.4 Å². The van der Waals surface area contributed by atoms with E-state index in [9.17, 15) is 0 Å². The molecule has 0 aromatic heterocycles. The third-order valence-electron chi connectivity index (χ3n) is 4.69. The van der Waals surface area contributed by atoms with Gasteiger partial charge in [-0.3, -0.25) is 0 Å². The molecule has 0 spiro atoms. The van der Waals surface area contributed by atoms with Gasteiger partial charge in [0.25, 0.3) is 0 Å². The molecular formula is C15H29NO. The summed E-state index contributed by atoms with van der Waals surface area (Å²) < 4.78 is 5.58. The van der Waals surface area contributed by atoms with E-state index in [-0.39, 0.29) is 0 Å². The predicted molar refractivity (Wildman–Crippen MR) is 72.1 cm³/mol. The maximum absolute atomic E-state index is 5.58. The van der Waals surface area contributed by atoms with Gasteiger partial charge in [-0.25, -0.2) is 0 Å². The number of hydrogen-bond acceptors (Lipinski definition) is 2. The number of rotatable bonds is 6. The lowest BCUT2D eigenvalue weighted by Crippen LogP contribution is -2.44. The van der Waals surface area contributed by atoms with Crippen LogP contribution in [0.25, 0.3) is 0 Å². The van der Waals surface area contributed by atoms with Gasteiger partial charge in [0, 0.05) is 19.3 Å². The largest absolute Gasteiger partial charge is 0.381 e. The minimum atomic E-state index is 0.734. The average molecular weight is 239 g/mol. The van der Waals surface area contributed by atoms with Gasteiger partial charge in [-0.1, -0.05) is 33.1 Å². The van der Waals surface area contributed by atoms with Crippen LogP contribution >= 0.6 is 0 Å². The summed E-state index contributed by atoms with van der Waals surface area (Å²) in [4.78, 5) is 0. The van der Waals surface area contributed by atoms with Gasteiger partial charge in [-0.2, -0.15) is 0 Å². The molecule has 0 radical (unpaired) electrons. The first kappa shape index (κ1) is 13.4. The Morgan fingerprint density at radius 1 is 1.29 bits per heavy atom. The fraction of sp³-hybridized carbons (Fsp3) is 1.00. The molecule has 0 bridgehead atoms. The molecule has 2 fully saturated rings. The molecule has 0 amide bonds. The molecule has 100 valence electrons. The van der Waals surface area contributed by atoms with Crippen molar-refractivity contribution in [2.45, 2.75) is 58.4 Å². The van der Waals surface area contributed by atoms with Gasteiger partial charge in [0.15, 0.2) is 0 Å². The zero-order chi connectivity index (χ0) is 12.1. The van der Waals surface area contributed by atoms with Crippen LogP contribution in [0.3, 0.4) is 0 Å². The van der Waals surface area contributed by atoms with Crippen molar-refractivity contribution in [3.05, 3.63) is 0 Å². The van der Waals surface area contributed by atoms with Crippen molar-refractivity contribution in [2.24, 2.45) is 17.8 Å². The van der Waals surface area contributed by atoms with Crippen molar-refractivity contribution < 1.29 is 4.74 Å². The van der Waals surface area contributed by atoms with E-state index >= 15 is 0 Å². The standard InChI is InChI=1S/C15H29NO/c1-3-8-16-15(10-13-5-4-6-13)14-7-9-17-11-12(14)2/h12-16H,3-11H2,1-2H3. The lowest BCUT2D eigenvalue weighted by atomic mass is 9.74. The van der Waals surface area contributed by atoms with E-state index in [4.69, 9.17) is 4.74 Å². The highest BCUT2D eigenvalue weighted by atomic mass is 16.5. The Morgan fingerprint density at radius 3 is 2.71 bits per heavy atom. The normalized spacial score (nSPS) is 32.1. The molecule has 1 saturated heterocycles. The second-order valence-corrected chi connectivity index (χ2v) is 6.10. The van der Waals surface area contributed by atoms with Gasteiger partial charge in [-0.15, -0.1) is 0 Å². The van der Waals surface area contributed by atoms with Crippen LogP contribution < -0.4 is 5.32 Å². The molecule has 2 rings (SSSR count). The third kappa shape index (κ3) is 3.69. The first-order chi connectivity index (χ1) is 8.31. The zero-order valence-corrected chi connectivity index (χ0v) is 11.6. The van der Waals surface area contributed by atoms with Crippen LogP contribution in [-0.2, 0) is 4.74 Å². The highest BCUT2D eigenvalue weighted by molar-refractivity contribution is 4.86. The zero-order valence-electron chi connectivity index (χ0n) is 11.6. The molecule has 2 heteroatoms. The van der Waals surface area contributed by atoms with Crippen LogP contribution in [0.2, 0.25) is 0 Å². The monoisotopic (exact) mass is 239 g/mol. The first-order valence-electron chi connectivity index (χ1n) is 7.62. The van der Waals surface area contributed by atoms with Crippen LogP contribution in [-0.4, -0.2) is 25.8 Å². The van der Waals surface area contributed by atoms with E-state index < -0.39 is 0 Å². The fourth-order valence-corrected chi connectivity index (χ4v) is 3.32. The van der Waals surface area contributed by atoms with Crippen molar-refractivity contribution in [2.75, 3.05) is 19.8 Å². The van der Waals surface area contributed by atoms with Gasteiger partial charge in [0.2, 0.25) is 0 Å². The molecule has 2 aliphatic rings. The van der Waals surface area contributed by atoms with E-state index in [1.807, 2.05) is 0 Å². The topological polar surface area (TPSA) is 21.3 Å². The smallest absolute Gasteiger partial charge is 0.0494 e. The fourth-order valence-electron chi connectivity index (χ4n) is 3.32. The minimum absolute atomic E-state index is 0.734. The molecule has 1 aliphatic carbocycles. The van der Waals surface area contributed by atoms with E-state index in [0.717, 1.165) is 37.0 Å². The molecule has 0 aromatic carbocycles. The van der Waals surface area contributed by atoms with E-state index in [1.165, 1.54) is 45.1 Å². The SMILES string of the molecule is CCCNC(CC1CCC1)C1CCOCC1C. The average Bonchev–Trinajstić information content (AvgIpc) is 2.28. The molecule has 17 heavy (non-hydrogen) atoms. The van der Waals surface area contributed by atoms with E-state index in [0.29, 0.717) is 0 Å². The van der Waals surface area contributed by atoms with Crippen LogP contribution in [0, 0.1) is 17.8 Å². The molecule has 1 saturated carbocycles. The summed E-state index contributed by atoms with van der Waals surface area (Å²) in [6, 6.07) is 0.749. The van der Waals surface area contributed by atoms with Gasteiger partial charge in [0.1, 0.15) is 0 Å². The maximum atomic E-state index is 5.58. The minimum Gasteiger partial charge on any atom is -0.381 e. The van der Waals surface area contributed by atoms with Crippen molar-refractivity contribution >= 4 is 0 Å². The summed E-state index contributed by atoms with van der Waals surface area (Å²) >= 11 is 0. The lowest BCUT2D eigenvalue weighted by Gasteiger charge is -2.39. The summed E-state index contributed by atoms with van der Waals surface area (Å²) in [5, 5.41) is 3.81. The van der Waals surface area contributed by atoms with E-state index in [2.05, 4.69) is 19.2 Å². The summed E-state index contributed by atoms with van der Waals surface area (Å²) in [6.45, 7) is 7.76. The maximum Gasteiger partial charge on any atom is 0.0494 e. The second kappa shape index (κ2) is 6.75. The second-order valence-electron chi connectivity index (χ2n) is 6.10. The Balaban J connectivity index is 1.86. The van der Waals surface area contributed by atoms with Crippen molar-refractivity contribution in [3.8, 4) is 0 Å². The van der Waals surface area contributed by atoms with E-state index in [1.54, 1.807) is 0 Å².